The average Bonchev–Trinajstić information content (AvgIpc) is 2.66. The van der Waals surface area contributed by atoms with Crippen molar-refractivity contribution >= 4 is 54.5 Å². The molecule has 1 heterocycles. The number of halogens is 4. The molecule has 5 nitrogen and oxygen atoms in total. The van der Waals surface area contributed by atoms with E-state index in [9.17, 15) is 8.42 Å². The number of nitrogens with zero attached hydrogens (tertiary/aromatic N) is 2. The van der Waals surface area contributed by atoms with Crippen LogP contribution in [0.15, 0.2) is 23.1 Å². The molecule has 0 unspecified atom stereocenters. The molecule has 2 aromatic rings. The van der Waals surface area contributed by atoms with Crippen molar-refractivity contribution in [3.05, 3.63) is 39.1 Å². The summed E-state index contributed by atoms with van der Waals surface area (Å²) in [6, 6.07) is 4.62. The smallest absolute Gasteiger partial charge is 0.266 e. The van der Waals surface area contributed by atoms with Crippen LogP contribution >= 0.6 is 45.5 Å². The van der Waals surface area contributed by atoms with E-state index in [1.165, 1.54) is 17.9 Å². The van der Waals surface area contributed by atoms with Crippen LogP contribution in [0.1, 0.15) is 5.69 Å². The summed E-state index contributed by atoms with van der Waals surface area (Å²) in [5.41, 5.74) is 0.457. The average molecular weight is 390 g/mol. The van der Waals surface area contributed by atoms with E-state index in [-0.39, 0.29) is 27.4 Å². The van der Waals surface area contributed by atoms with E-state index in [1.807, 2.05) is 0 Å². The van der Waals surface area contributed by atoms with Crippen molar-refractivity contribution in [3.63, 3.8) is 0 Å². The summed E-state index contributed by atoms with van der Waals surface area (Å²) >= 11 is 18.0. The molecule has 0 radical (unpaired) electrons. The van der Waals surface area contributed by atoms with Gasteiger partial charge in [0.2, 0.25) is 0 Å². The summed E-state index contributed by atoms with van der Waals surface area (Å²) in [5, 5.41) is 4.60. The number of aromatic nitrogens is 2. The SMILES string of the molecule is COCc1nn(-c2ccc(Cl)cc2Cl)c(Cl)c1S(=O)(=O)Cl. The van der Waals surface area contributed by atoms with Crippen LogP contribution in [0.5, 0.6) is 0 Å². The van der Waals surface area contributed by atoms with Crippen LogP contribution in [0.25, 0.3) is 5.69 Å². The largest absolute Gasteiger partial charge is 0.378 e. The van der Waals surface area contributed by atoms with Crippen LogP contribution in [-0.2, 0) is 20.4 Å². The van der Waals surface area contributed by atoms with Crippen LogP contribution in [0.3, 0.4) is 0 Å². The van der Waals surface area contributed by atoms with E-state index in [4.69, 9.17) is 50.2 Å². The van der Waals surface area contributed by atoms with Gasteiger partial charge in [0, 0.05) is 22.8 Å². The lowest BCUT2D eigenvalue weighted by atomic mass is 10.3. The van der Waals surface area contributed by atoms with Gasteiger partial charge in [0.1, 0.15) is 10.6 Å². The van der Waals surface area contributed by atoms with Gasteiger partial charge in [-0.15, -0.1) is 0 Å². The standard InChI is InChI=1S/C11H8Cl4N2O3S/c1-20-5-8-10(21(15,18)19)11(14)17(16-8)9-3-2-6(12)4-7(9)13/h2-4H,5H2,1H3. The summed E-state index contributed by atoms with van der Waals surface area (Å²) in [5.74, 6) is 0. The molecule has 1 aromatic carbocycles. The Kier molecular flexibility index (Phi) is 5.07. The van der Waals surface area contributed by atoms with Crippen molar-refractivity contribution in [1.82, 2.24) is 9.78 Å². The van der Waals surface area contributed by atoms with Gasteiger partial charge in [-0.3, -0.25) is 0 Å². The lowest BCUT2D eigenvalue weighted by Crippen LogP contribution is -1.99. The molecule has 0 atom stereocenters. The Morgan fingerprint density at radius 1 is 1.29 bits per heavy atom. The Labute approximate surface area is 140 Å². The molecule has 0 saturated carbocycles. The Morgan fingerprint density at radius 3 is 2.48 bits per heavy atom. The number of hydrogen-bond donors (Lipinski definition) is 0. The molecule has 0 aliphatic heterocycles. The van der Waals surface area contributed by atoms with E-state index in [0.717, 1.165) is 0 Å². The Hall–Kier alpha value is -0.500. The van der Waals surface area contributed by atoms with Crippen molar-refractivity contribution in [2.45, 2.75) is 11.5 Å². The van der Waals surface area contributed by atoms with Crippen LogP contribution < -0.4 is 0 Å². The normalized spacial score (nSPS) is 11.9. The first-order chi connectivity index (χ1) is 9.75. The maximum absolute atomic E-state index is 11.7. The monoisotopic (exact) mass is 388 g/mol. The molecule has 21 heavy (non-hydrogen) atoms. The van der Waals surface area contributed by atoms with Gasteiger partial charge in [-0.1, -0.05) is 34.8 Å². The minimum absolute atomic E-state index is 0.0702. The summed E-state index contributed by atoms with van der Waals surface area (Å²) in [4.78, 5) is -0.307. The topological polar surface area (TPSA) is 61.2 Å². The first kappa shape index (κ1) is 16.9. The van der Waals surface area contributed by atoms with Gasteiger partial charge in [0.05, 0.1) is 17.3 Å². The Bertz CT molecular complexity index is 789. The van der Waals surface area contributed by atoms with Crippen molar-refractivity contribution in [2.24, 2.45) is 0 Å². The van der Waals surface area contributed by atoms with Gasteiger partial charge in [-0.05, 0) is 18.2 Å². The number of rotatable bonds is 4. The summed E-state index contributed by atoms with van der Waals surface area (Å²) < 4.78 is 29.4. The van der Waals surface area contributed by atoms with E-state index in [1.54, 1.807) is 12.1 Å². The fourth-order valence-electron chi connectivity index (χ4n) is 1.71. The quantitative estimate of drug-likeness (QED) is 0.743. The highest BCUT2D eigenvalue weighted by Crippen LogP contribution is 2.33. The number of ether oxygens (including phenoxy) is 1. The molecule has 114 valence electrons. The van der Waals surface area contributed by atoms with Crippen molar-refractivity contribution < 1.29 is 13.2 Å². The van der Waals surface area contributed by atoms with Crippen LogP contribution in [-0.4, -0.2) is 25.3 Å². The lowest BCUT2D eigenvalue weighted by molar-refractivity contribution is 0.179. The second kappa shape index (κ2) is 6.32. The Balaban J connectivity index is 2.71. The molecule has 10 heteroatoms. The molecule has 0 aliphatic rings. The predicted molar refractivity (Wildman–Crippen MR) is 82.3 cm³/mol. The molecule has 0 bridgehead atoms. The summed E-state index contributed by atoms with van der Waals surface area (Å²) in [6.45, 7) is -0.0702. The maximum Gasteiger partial charge on any atom is 0.266 e. The van der Waals surface area contributed by atoms with Gasteiger partial charge >= 0.3 is 0 Å². The van der Waals surface area contributed by atoms with E-state index < -0.39 is 9.05 Å². The van der Waals surface area contributed by atoms with Gasteiger partial charge in [-0.25, -0.2) is 13.1 Å². The zero-order chi connectivity index (χ0) is 15.8. The molecular formula is C11H8Cl4N2O3S. The fourth-order valence-corrected chi connectivity index (χ4v) is 4.02. The third kappa shape index (κ3) is 3.47. The highest BCUT2D eigenvalue weighted by Gasteiger charge is 2.27. The van der Waals surface area contributed by atoms with Gasteiger partial charge in [0.15, 0.2) is 5.15 Å². The van der Waals surface area contributed by atoms with E-state index >= 15 is 0 Å². The molecule has 0 spiro atoms. The highest BCUT2D eigenvalue weighted by atomic mass is 35.7. The molecule has 0 N–H and O–H groups in total. The van der Waals surface area contributed by atoms with E-state index in [0.29, 0.717) is 10.7 Å². The minimum Gasteiger partial charge on any atom is -0.378 e. The zero-order valence-electron chi connectivity index (χ0n) is 10.5. The van der Waals surface area contributed by atoms with Gasteiger partial charge < -0.3 is 4.74 Å². The van der Waals surface area contributed by atoms with Crippen molar-refractivity contribution in [2.75, 3.05) is 7.11 Å². The molecule has 2 rings (SSSR count). The first-order valence-electron chi connectivity index (χ1n) is 5.42. The molecule has 1 aromatic heterocycles. The molecule has 0 amide bonds. The lowest BCUT2D eigenvalue weighted by Gasteiger charge is -2.06. The van der Waals surface area contributed by atoms with Crippen LogP contribution in [0, 0.1) is 0 Å². The molecule has 0 aliphatic carbocycles. The highest BCUT2D eigenvalue weighted by molar-refractivity contribution is 8.13. The number of hydrogen-bond acceptors (Lipinski definition) is 4. The second-order valence-corrected chi connectivity index (χ2v) is 7.65. The van der Waals surface area contributed by atoms with Crippen molar-refractivity contribution in [1.29, 1.82) is 0 Å². The summed E-state index contributed by atoms with van der Waals surface area (Å²) in [7, 11) is 2.70. The third-order valence-electron chi connectivity index (χ3n) is 2.52. The van der Waals surface area contributed by atoms with Crippen LogP contribution in [0.4, 0.5) is 0 Å². The van der Waals surface area contributed by atoms with Crippen LogP contribution in [0.2, 0.25) is 15.2 Å². The van der Waals surface area contributed by atoms with Crippen molar-refractivity contribution in [3.8, 4) is 5.69 Å². The second-order valence-electron chi connectivity index (χ2n) is 3.95. The molecular weight excluding hydrogens is 382 g/mol. The predicted octanol–water partition coefficient (Wildman–Crippen LogP) is 3.91. The van der Waals surface area contributed by atoms with Gasteiger partial charge in [-0.2, -0.15) is 5.10 Å². The number of methoxy groups -OCH3 is 1. The fraction of sp³-hybridized carbons (Fsp3) is 0.182. The number of benzene rings is 1. The Morgan fingerprint density at radius 2 is 1.95 bits per heavy atom. The zero-order valence-corrected chi connectivity index (χ0v) is 14.3. The molecule has 0 saturated heterocycles. The maximum atomic E-state index is 11.7. The molecule has 0 fully saturated rings. The van der Waals surface area contributed by atoms with Gasteiger partial charge in [0.25, 0.3) is 9.05 Å². The van der Waals surface area contributed by atoms with E-state index in [2.05, 4.69) is 5.10 Å². The first-order valence-corrected chi connectivity index (χ1v) is 8.86. The summed E-state index contributed by atoms with van der Waals surface area (Å²) in [6.07, 6.45) is 0. The third-order valence-corrected chi connectivity index (χ3v) is 4.90. The minimum atomic E-state index is -4.09.